The number of halogens is 1. The maximum absolute atomic E-state index is 11.0. The summed E-state index contributed by atoms with van der Waals surface area (Å²) in [5.41, 5.74) is 1.90. The van der Waals surface area contributed by atoms with Gasteiger partial charge in [0.1, 0.15) is 0 Å². The SMILES string of the molecule is CC(C)=C(C(=O)O)c1cccc(Br)c1. The second kappa shape index (κ2) is 4.42. The quantitative estimate of drug-likeness (QED) is 0.823. The molecule has 3 heteroatoms. The molecule has 0 atom stereocenters. The van der Waals surface area contributed by atoms with Crippen LogP contribution in [0.4, 0.5) is 0 Å². The molecule has 0 unspecified atom stereocenters. The van der Waals surface area contributed by atoms with Gasteiger partial charge in [-0.2, -0.15) is 0 Å². The van der Waals surface area contributed by atoms with Crippen molar-refractivity contribution in [1.29, 1.82) is 0 Å². The maximum atomic E-state index is 11.0. The molecular weight excluding hydrogens is 244 g/mol. The minimum Gasteiger partial charge on any atom is -0.478 e. The van der Waals surface area contributed by atoms with Crippen LogP contribution in [0.3, 0.4) is 0 Å². The fraction of sp³-hybridized carbons (Fsp3) is 0.182. The van der Waals surface area contributed by atoms with Gasteiger partial charge < -0.3 is 5.11 Å². The van der Waals surface area contributed by atoms with Gasteiger partial charge in [0.05, 0.1) is 5.57 Å². The van der Waals surface area contributed by atoms with E-state index in [2.05, 4.69) is 15.9 Å². The van der Waals surface area contributed by atoms with Gasteiger partial charge in [-0.25, -0.2) is 4.79 Å². The molecule has 0 fully saturated rings. The summed E-state index contributed by atoms with van der Waals surface area (Å²) < 4.78 is 0.884. The van der Waals surface area contributed by atoms with Crippen molar-refractivity contribution in [3.05, 3.63) is 39.9 Å². The van der Waals surface area contributed by atoms with Crippen LogP contribution in [0.5, 0.6) is 0 Å². The Kier molecular flexibility index (Phi) is 3.47. The van der Waals surface area contributed by atoms with Gasteiger partial charge in [-0.05, 0) is 31.5 Å². The predicted molar refractivity (Wildman–Crippen MR) is 60.0 cm³/mol. The monoisotopic (exact) mass is 254 g/mol. The first-order chi connectivity index (χ1) is 6.52. The molecule has 0 bridgehead atoms. The van der Waals surface area contributed by atoms with Crippen molar-refractivity contribution in [2.75, 3.05) is 0 Å². The zero-order valence-electron chi connectivity index (χ0n) is 8.04. The van der Waals surface area contributed by atoms with E-state index in [1.807, 2.05) is 12.1 Å². The van der Waals surface area contributed by atoms with E-state index >= 15 is 0 Å². The van der Waals surface area contributed by atoms with E-state index < -0.39 is 5.97 Å². The van der Waals surface area contributed by atoms with Gasteiger partial charge in [-0.15, -0.1) is 0 Å². The summed E-state index contributed by atoms with van der Waals surface area (Å²) in [6.45, 7) is 3.59. The van der Waals surface area contributed by atoms with Crippen LogP contribution in [0.25, 0.3) is 5.57 Å². The number of rotatable bonds is 2. The van der Waals surface area contributed by atoms with Gasteiger partial charge in [-0.3, -0.25) is 0 Å². The molecule has 0 radical (unpaired) electrons. The van der Waals surface area contributed by atoms with Crippen molar-refractivity contribution in [2.45, 2.75) is 13.8 Å². The molecular formula is C11H11BrO2. The molecule has 1 aromatic carbocycles. The van der Waals surface area contributed by atoms with Crippen LogP contribution in [-0.4, -0.2) is 11.1 Å². The standard InChI is InChI=1S/C11H11BrO2/c1-7(2)10(11(13)14)8-4-3-5-9(12)6-8/h3-6H,1-2H3,(H,13,14). The summed E-state index contributed by atoms with van der Waals surface area (Å²) >= 11 is 3.31. The first-order valence-corrected chi connectivity index (χ1v) is 4.98. The van der Waals surface area contributed by atoms with Crippen molar-refractivity contribution < 1.29 is 9.90 Å². The summed E-state index contributed by atoms with van der Waals surface area (Å²) in [6.07, 6.45) is 0. The molecule has 0 heterocycles. The minimum atomic E-state index is -0.886. The molecule has 0 amide bonds. The van der Waals surface area contributed by atoms with Gasteiger partial charge in [-0.1, -0.05) is 33.6 Å². The molecule has 0 aliphatic heterocycles. The smallest absolute Gasteiger partial charge is 0.336 e. The Morgan fingerprint density at radius 3 is 2.43 bits per heavy atom. The Balaban J connectivity index is 3.27. The van der Waals surface area contributed by atoms with Crippen molar-refractivity contribution in [3.63, 3.8) is 0 Å². The van der Waals surface area contributed by atoms with Crippen LogP contribution in [0.1, 0.15) is 19.4 Å². The summed E-state index contributed by atoms with van der Waals surface area (Å²) in [4.78, 5) is 11.0. The molecule has 1 aromatic rings. The highest BCUT2D eigenvalue weighted by molar-refractivity contribution is 9.10. The lowest BCUT2D eigenvalue weighted by molar-refractivity contribution is -0.130. The summed E-state index contributed by atoms with van der Waals surface area (Å²) in [6, 6.07) is 7.29. The number of carboxylic acid groups (broad SMARTS) is 1. The molecule has 0 aliphatic carbocycles. The van der Waals surface area contributed by atoms with E-state index in [1.54, 1.807) is 26.0 Å². The van der Waals surface area contributed by atoms with E-state index in [0.717, 1.165) is 15.6 Å². The molecule has 1 N–H and O–H groups in total. The molecule has 0 spiro atoms. The van der Waals surface area contributed by atoms with Crippen LogP contribution >= 0.6 is 15.9 Å². The zero-order chi connectivity index (χ0) is 10.7. The first-order valence-electron chi connectivity index (χ1n) is 4.19. The molecule has 0 saturated heterocycles. The average molecular weight is 255 g/mol. The lowest BCUT2D eigenvalue weighted by atomic mass is 10.0. The highest BCUT2D eigenvalue weighted by Gasteiger charge is 2.11. The summed E-state index contributed by atoms with van der Waals surface area (Å²) in [5, 5.41) is 9.01. The van der Waals surface area contributed by atoms with Crippen LogP contribution in [0, 0.1) is 0 Å². The van der Waals surface area contributed by atoms with Crippen molar-refractivity contribution >= 4 is 27.5 Å². The first kappa shape index (κ1) is 11.0. The van der Waals surface area contributed by atoms with Crippen LogP contribution in [0.15, 0.2) is 34.3 Å². The van der Waals surface area contributed by atoms with Crippen LogP contribution < -0.4 is 0 Å². The number of hydrogen-bond donors (Lipinski definition) is 1. The van der Waals surface area contributed by atoms with Gasteiger partial charge in [0.15, 0.2) is 0 Å². The van der Waals surface area contributed by atoms with Crippen LogP contribution in [-0.2, 0) is 4.79 Å². The third-order valence-corrected chi connectivity index (χ3v) is 2.32. The number of aliphatic carboxylic acids is 1. The molecule has 1 rings (SSSR count). The fourth-order valence-corrected chi connectivity index (χ4v) is 1.67. The van der Waals surface area contributed by atoms with E-state index in [4.69, 9.17) is 5.11 Å². The Bertz CT molecular complexity index is 390. The van der Waals surface area contributed by atoms with Crippen LogP contribution in [0.2, 0.25) is 0 Å². The summed E-state index contributed by atoms with van der Waals surface area (Å²) in [5.74, 6) is -0.886. The molecule has 14 heavy (non-hydrogen) atoms. The number of hydrogen-bond acceptors (Lipinski definition) is 1. The Labute approximate surface area is 91.4 Å². The fourth-order valence-electron chi connectivity index (χ4n) is 1.27. The topological polar surface area (TPSA) is 37.3 Å². The number of allylic oxidation sites excluding steroid dienone is 1. The van der Waals surface area contributed by atoms with Gasteiger partial charge in [0.2, 0.25) is 0 Å². The second-order valence-electron chi connectivity index (χ2n) is 3.19. The van der Waals surface area contributed by atoms with Gasteiger partial charge >= 0.3 is 5.97 Å². The Hall–Kier alpha value is -1.09. The van der Waals surface area contributed by atoms with Crippen molar-refractivity contribution in [2.24, 2.45) is 0 Å². The third kappa shape index (κ3) is 2.45. The van der Waals surface area contributed by atoms with Crippen molar-refractivity contribution in [1.82, 2.24) is 0 Å². The molecule has 74 valence electrons. The molecule has 0 aliphatic rings. The maximum Gasteiger partial charge on any atom is 0.336 e. The lowest BCUT2D eigenvalue weighted by Gasteiger charge is -2.05. The predicted octanol–water partition coefficient (Wildman–Crippen LogP) is 3.33. The normalized spacial score (nSPS) is 9.64. The highest BCUT2D eigenvalue weighted by atomic mass is 79.9. The largest absolute Gasteiger partial charge is 0.478 e. The van der Waals surface area contributed by atoms with E-state index in [-0.39, 0.29) is 0 Å². The average Bonchev–Trinajstić information content (AvgIpc) is 2.02. The van der Waals surface area contributed by atoms with Crippen molar-refractivity contribution in [3.8, 4) is 0 Å². The number of carboxylic acids is 1. The van der Waals surface area contributed by atoms with Gasteiger partial charge in [0.25, 0.3) is 0 Å². The Morgan fingerprint density at radius 1 is 1.36 bits per heavy atom. The van der Waals surface area contributed by atoms with E-state index in [0.29, 0.717) is 5.57 Å². The minimum absolute atomic E-state index is 0.367. The number of carbonyl (C=O) groups is 1. The van der Waals surface area contributed by atoms with Gasteiger partial charge in [0, 0.05) is 4.47 Å². The second-order valence-corrected chi connectivity index (χ2v) is 4.11. The molecule has 2 nitrogen and oxygen atoms in total. The molecule has 0 aromatic heterocycles. The zero-order valence-corrected chi connectivity index (χ0v) is 9.63. The number of benzene rings is 1. The lowest BCUT2D eigenvalue weighted by Crippen LogP contribution is -2.01. The third-order valence-electron chi connectivity index (χ3n) is 1.83. The van der Waals surface area contributed by atoms with E-state index in [9.17, 15) is 4.79 Å². The van der Waals surface area contributed by atoms with E-state index in [1.165, 1.54) is 0 Å². The molecule has 0 saturated carbocycles. The summed E-state index contributed by atoms with van der Waals surface area (Å²) in [7, 11) is 0. The Morgan fingerprint density at radius 2 is 2.00 bits per heavy atom. The highest BCUT2D eigenvalue weighted by Crippen LogP contribution is 2.22.